The van der Waals surface area contributed by atoms with Crippen LogP contribution in [0.4, 0.5) is 0 Å². The Morgan fingerprint density at radius 3 is 2.49 bits per heavy atom. The smallest absolute Gasteiger partial charge is 0.320 e. The number of unbranched alkanes of at least 4 members (excludes halogenated alkanes) is 4. The van der Waals surface area contributed by atoms with E-state index in [1.807, 2.05) is 43.3 Å². The fraction of sp³-hybridized carbons (Fsp3) is 0.405. The fourth-order valence-electron chi connectivity index (χ4n) is 5.55. The van der Waals surface area contributed by atoms with Gasteiger partial charge in [0.1, 0.15) is 5.75 Å². The van der Waals surface area contributed by atoms with Gasteiger partial charge in [0.15, 0.2) is 0 Å². The van der Waals surface area contributed by atoms with Gasteiger partial charge in [0.2, 0.25) is 5.91 Å². The van der Waals surface area contributed by atoms with Crippen LogP contribution in [-0.2, 0) is 27.3 Å². The van der Waals surface area contributed by atoms with Crippen molar-refractivity contribution in [1.82, 2.24) is 19.8 Å². The molecular weight excluding hydrogens is 616 g/mol. The molecule has 0 aliphatic heterocycles. The number of pyridine rings is 1. The number of ether oxygens (including phenoxy) is 2. The van der Waals surface area contributed by atoms with Crippen molar-refractivity contribution in [2.24, 2.45) is 0 Å². The highest BCUT2D eigenvalue weighted by molar-refractivity contribution is 6.30. The lowest BCUT2D eigenvalue weighted by Crippen LogP contribution is -2.32. The second-order valence-electron chi connectivity index (χ2n) is 11.6. The summed E-state index contributed by atoms with van der Waals surface area (Å²) >= 11 is 6.04. The average molecular weight is 661 g/mol. The van der Waals surface area contributed by atoms with Gasteiger partial charge in [-0.1, -0.05) is 43.9 Å². The summed E-state index contributed by atoms with van der Waals surface area (Å²) in [5.74, 6) is 0.162. The molecule has 2 aromatic carbocycles. The number of esters is 1. The molecule has 0 bridgehead atoms. The van der Waals surface area contributed by atoms with Crippen LogP contribution in [0.2, 0.25) is 5.02 Å². The number of carbonyl (C=O) groups excluding carboxylic acids is 3. The van der Waals surface area contributed by atoms with Crippen molar-refractivity contribution in [1.29, 1.82) is 0 Å². The lowest BCUT2D eigenvalue weighted by molar-refractivity contribution is -0.145. The van der Waals surface area contributed by atoms with Gasteiger partial charge in [0.25, 0.3) is 5.91 Å². The van der Waals surface area contributed by atoms with Crippen molar-refractivity contribution in [3.8, 4) is 5.75 Å². The molecule has 0 atom stereocenters. The number of carbonyl (C=O) groups is 3. The van der Waals surface area contributed by atoms with E-state index in [1.54, 1.807) is 42.1 Å². The minimum absolute atomic E-state index is 0.1000. The number of benzene rings is 2. The molecule has 0 aliphatic carbocycles. The van der Waals surface area contributed by atoms with Crippen LogP contribution in [0.25, 0.3) is 10.9 Å². The third-order valence-electron chi connectivity index (χ3n) is 8.12. The minimum Gasteiger partial charge on any atom is -0.497 e. The van der Waals surface area contributed by atoms with Gasteiger partial charge in [-0.2, -0.15) is 0 Å². The molecule has 250 valence electrons. The second-order valence-corrected chi connectivity index (χ2v) is 12.1. The quantitative estimate of drug-likeness (QED) is 0.0929. The number of nitrogens with one attached hydrogen (secondary N) is 1. The molecule has 2 aromatic heterocycles. The van der Waals surface area contributed by atoms with Gasteiger partial charge < -0.3 is 14.8 Å². The first-order chi connectivity index (χ1) is 22.8. The van der Waals surface area contributed by atoms with E-state index in [0.29, 0.717) is 41.7 Å². The van der Waals surface area contributed by atoms with Crippen LogP contribution in [0.15, 0.2) is 66.9 Å². The maximum absolute atomic E-state index is 13.5. The zero-order valence-corrected chi connectivity index (χ0v) is 28.4. The Morgan fingerprint density at radius 1 is 0.979 bits per heavy atom. The van der Waals surface area contributed by atoms with Gasteiger partial charge in [0, 0.05) is 41.0 Å². The van der Waals surface area contributed by atoms with Crippen molar-refractivity contribution in [3.05, 3.63) is 94.4 Å². The van der Waals surface area contributed by atoms with Gasteiger partial charge in [-0.3, -0.25) is 28.8 Å². The third kappa shape index (κ3) is 10.4. The average Bonchev–Trinajstić information content (AvgIpc) is 3.34. The summed E-state index contributed by atoms with van der Waals surface area (Å²) in [4.78, 5) is 45.5. The summed E-state index contributed by atoms with van der Waals surface area (Å²) in [5.41, 5.74) is 3.65. The first kappa shape index (κ1) is 35.6. The number of halogens is 1. The summed E-state index contributed by atoms with van der Waals surface area (Å²) in [6.45, 7) is 6.54. The molecule has 1 N–H and O–H groups in total. The summed E-state index contributed by atoms with van der Waals surface area (Å²) in [6, 6.07) is 18.1. The highest BCUT2D eigenvalue weighted by atomic mass is 35.5. The number of aromatic nitrogens is 2. The van der Waals surface area contributed by atoms with Crippen LogP contribution >= 0.6 is 11.6 Å². The van der Waals surface area contributed by atoms with Crippen LogP contribution < -0.4 is 10.1 Å². The van der Waals surface area contributed by atoms with E-state index in [2.05, 4.69) is 22.1 Å². The third-order valence-corrected chi connectivity index (χ3v) is 8.37. The molecule has 0 unspecified atom stereocenters. The molecule has 0 saturated carbocycles. The van der Waals surface area contributed by atoms with Crippen LogP contribution in [-0.4, -0.2) is 65.6 Å². The Balaban J connectivity index is 1.28. The topological polar surface area (TPSA) is 103 Å². The Kier molecular flexibility index (Phi) is 13.8. The van der Waals surface area contributed by atoms with E-state index in [9.17, 15) is 14.4 Å². The zero-order valence-electron chi connectivity index (χ0n) is 27.6. The predicted octanol–water partition coefficient (Wildman–Crippen LogP) is 6.76. The largest absolute Gasteiger partial charge is 0.497 e. The predicted molar refractivity (Wildman–Crippen MR) is 185 cm³/mol. The van der Waals surface area contributed by atoms with Gasteiger partial charge in [0.05, 0.1) is 37.9 Å². The first-order valence-corrected chi connectivity index (χ1v) is 16.7. The molecule has 47 heavy (non-hydrogen) atoms. The van der Waals surface area contributed by atoms with E-state index in [1.165, 1.54) is 0 Å². The molecule has 0 spiro atoms. The number of nitrogens with zero attached hydrogens (tertiary/aromatic N) is 3. The monoisotopic (exact) mass is 660 g/mol. The SMILES string of the molecule is CCCCOC(=O)CN(CCCCCCNC(=O)Cc1c(C)n(C(=O)c2ccc(Cl)cc2)c2ccc(OC)cc12)Cc1ccccn1. The summed E-state index contributed by atoms with van der Waals surface area (Å²) in [6.07, 6.45) is 7.44. The normalized spacial score (nSPS) is 11.2. The number of hydrogen-bond acceptors (Lipinski definition) is 7. The van der Waals surface area contributed by atoms with Gasteiger partial charge in [-0.25, -0.2) is 0 Å². The number of hydrogen-bond donors (Lipinski definition) is 1. The first-order valence-electron chi connectivity index (χ1n) is 16.3. The molecule has 1 amide bonds. The highest BCUT2D eigenvalue weighted by Gasteiger charge is 2.22. The zero-order chi connectivity index (χ0) is 33.6. The summed E-state index contributed by atoms with van der Waals surface area (Å²) in [7, 11) is 1.59. The maximum atomic E-state index is 13.5. The molecule has 0 fully saturated rings. The van der Waals surface area contributed by atoms with E-state index < -0.39 is 0 Å². The molecule has 0 saturated heterocycles. The standard InChI is InChI=1S/C37H45ClN4O5/c1-4-5-22-47-36(44)26-41(25-30-12-8-10-19-39-30)21-11-7-6-9-20-40-35(43)24-32-27(2)42(34-18-17-31(46-3)23-33(32)34)37(45)28-13-15-29(38)16-14-28/h8,10,12-19,23H,4-7,9,11,20-22,24-26H2,1-3H3,(H,40,43). The van der Waals surface area contributed by atoms with E-state index in [-0.39, 0.29) is 30.7 Å². The molecule has 4 aromatic rings. The van der Waals surface area contributed by atoms with Crippen molar-refractivity contribution in [2.75, 3.05) is 33.4 Å². The minimum atomic E-state index is -0.205. The Hall–Kier alpha value is -4.21. The molecule has 9 nitrogen and oxygen atoms in total. The second kappa shape index (κ2) is 18.2. The molecule has 10 heteroatoms. The Labute approximate surface area is 282 Å². The van der Waals surface area contributed by atoms with Crippen LogP contribution in [0.5, 0.6) is 5.75 Å². The van der Waals surface area contributed by atoms with Crippen molar-refractivity contribution in [3.63, 3.8) is 0 Å². The van der Waals surface area contributed by atoms with E-state index >= 15 is 0 Å². The van der Waals surface area contributed by atoms with Gasteiger partial charge in [-0.05, 0) is 92.9 Å². The Bertz CT molecular complexity index is 1620. The van der Waals surface area contributed by atoms with Gasteiger partial charge in [-0.15, -0.1) is 0 Å². The molecule has 2 heterocycles. The van der Waals surface area contributed by atoms with E-state index in [4.69, 9.17) is 21.1 Å². The molecule has 4 rings (SSSR count). The van der Waals surface area contributed by atoms with Crippen LogP contribution in [0.3, 0.4) is 0 Å². The molecular formula is C37H45ClN4O5. The lowest BCUT2D eigenvalue weighted by Gasteiger charge is -2.21. The van der Waals surface area contributed by atoms with E-state index in [0.717, 1.165) is 67.2 Å². The fourth-order valence-corrected chi connectivity index (χ4v) is 5.68. The van der Waals surface area contributed by atoms with Crippen molar-refractivity contribution in [2.45, 2.75) is 65.3 Å². The van der Waals surface area contributed by atoms with Crippen LogP contribution in [0, 0.1) is 6.92 Å². The lowest BCUT2D eigenvalue weighted by atomic mass is 10.1. The summed E-state index contributed by atoms with van der Waals surface area (Å²) < 4.78 is 12.5. The molecule has 0 aliphatic rings. The van der Waals surface area contributed by atoms with Crippen molar-refractivity contribution >= 4 is 40.3 Å². The number of rotatable bonds is 18. The van der Waals surface area contributed by atoms with Crippen LogP contribution in [0.1, 0.15) is 72.8 Å². The molecule has 0 radical (unpaired) electrons. The maximum Gasteiger partial charge on any atom is 0.320 e. The Morgan fingerprint density at radius 2 is 1.77 bits per heavy atom. The van der Waals surface area contributed by atoms with Gasteiger partial charge >= 0.3 is 5.97 Å². The number of methoxy groups -OCH3 is 1. The van der Waals surface area contributed by atoms with Crippen molar-refractivity contribution < 1.29 is 23.9 Å². The summed E-state index contributed by atoms with van der Waals surface area (Å²) in [5, 5.41) is 4.42. The highest BCUT2D eigenvalue weighted by Crippen LogP contribution is 2.31. The number of amides is 1. The number of fused-ring (bicyclic) bond motifs is 1.